The summed E-state index contributed by atoms with van der Waals surface area (Å²) in [6, 6.07) is 28.4. The topological polar surface area (TPSA) is 46.4 Å². The number of aliphatic hydroxyl groups excluding tert-OH is 1. The van der Waals surface area contributed by atoms with Crippen molar-refractivity contribution in [3.05, 3.63) is 102 Å². The molecule has 1 aromatic heterocycles. The highest BCUT2D eigenvalue weighted by Crippen LogP contribution is 2.31. The molecule has 0 radical (unpaired) electrons. The first-order valence-corrected chi connectivity index (χ1v) is 10.4. The molecule has 0 saturated heterocycles. The van der Waals surface area contributed by atoms with E-state index in [1.54, 1.807) is 0 Å². The molecule has 0 saturated carbocycles. The van der Waals surface area contributed by atoms with E-state index in [9.17, 15) is 5.11 Å². The Morgan fingerprint density at radius 3 is 2.16 bits per heavy atom. The van der Waals surface area contributed by atoms with Crippen LogP contribution in [0.4, 0.5) is 0 Å². The quantitative estimate of drug-likeness (QED) is 0.362. The molecule has 0 amide bonds. The third kappa shape index (κ3) is 5.54. The van der Waals surface area contributed by atoms with Crippen molar-refractivity contribution in [2.24, 2.45) is 0 Å². The number of fused-ring (bicyclic) bond motifs is 1. The second kappa shape index (κ2) is 11.8. The van der Waals surface area contributed by atoms with E-state index in [0.717, 1.165) is 27.8 Å². The van der Waals surface area contributed by atoms with Crippen LogP contribution in [0.15, 0.2) is 91.1 Å². The van der Waals surface area contributed by atoms with E-state index in [0.29, 0.717) is 6.54 Å². The van der Waals surface area contributed by atoms with Gasteiger partial charge in [-0.2, -0.15) is 13.5 Å². The summed E-state index contributed by atoms with van der Waals surface area (Å²) in [7, 11) is 1.86. The average Bonchev–Trinajstić information content (AvgIpc) is 3.18. The van der Waals surface area contributed by atoms with Crippen LogP contribution in [-0.4, -0.2) is 29.4 Å². The predicted octanol–water partition coefficient (Wildman–Crippen LogP) is 5.70. The summed E-state index contributed by atoms with van der Waals surface area (Å²) in [5, 5.41) is 15.1. The van der Waals surface area contributed by atoms with Crippen LogP contribution in [0.25, 0.3) is 10.9 Å². The van der Waals surface area contributed by atoms with Gasteiger partial charge < -0.3 is 19.7 Å². The fourth-order valence-electron chi connectivity index (χ4n) is 3.99. The number of benzene rings is 3. The summed E-state index contributed by atoms with van der Waals surface area (Å²) in [6.45, 7) is 2.57. The molecule has 0 bridgehead atoms. The predicted molar refractivity (Wildman–Crippen MR) is 139 cm³/mol. The van der Waals surface area contributed by atoms with Gasteiger partial charge in [-0.25, -0.2) is 0 Å². The van der Waals surface area contributed by atoms with Crippen molar-refractivity contribution >= 4 is 24.4 Å². The molecule has 4 rings (SSSR count). The largest absolute Gasteiger partial charge is 0.486 e. The number of likely N-dealkylation sites (N-methyl/N-ethyl adjacent to an activating group) is 1. The highest BCUT2D eigenvalue weighted by Gasteiger charge is 2.23. The zero-order valence-corrected chi connectivity index (χ0v) is 18.9. The molecule has 32 heavy (non-hydrogen) atoms. The molecule has 0 aliphatic rings. The average molecular weight is 451 g/mol. The number of nitrogens with zero attached hydrogens (tertiary/aromatic N) is 1. The second-order valence-electron chi connectivity index (χ2n) is 7.59. The standard InChI is InChI=1S/C26H28N2O2.CH4.H2S/c1-19(20-9-5-3-6-10-20)30-23-13-14-24-22(17-23)15-16-28(24)26(25(29)18-27-2)21-11-7-4-8-12-21;;/h3-17,19,25-27,29H,18H2,1-2H3;1H4;1H2/t19?,25-,26+;;/m1../s1. The lowest BCUT2D eigenvalue weighted by molar-refractivity contribution is 0.132. The van der Waals surface area contributed by atoms with Crippen molar-refractivity contribution in [1.29, 1.82) is 0 Å². The van der Waals surface area contributed by atoms with Gasteiger partial charge in [-0.1, -0.05) is 68.1 Å². The Bertz CT molecular complexity index is 1080. The number of hydrogen-bond donors (Lipinski definition) is 2. The van der Waals surface area contributed by atoms with Crippen molar-refractivity contribution in [3.63, 3.8) is 0 Å². The highest BCUT2D eigenvalue weighted by molar-refractivity contribution is 7.59. The molecular weight excluding hydrogens is 416 g/mol. The van der Waals surface area contributed by atoms with Gasteiger partial charge in [0, 0.05) is 23.6 Å². The van der Waals surface area contributed by atoms with E-state index < -0.39 is 6.10 Å². The first-order valence-electron chi connectivity index (χ1n) is 10.4. The molecule has 3 aromatic carbocycles. The summed E-state index contributed by atoms with van der Waals surface area (Å²) < 4.78 is 8.33. The van der Waals surface area contributed by atoms with Crippen LogP contribution in [0.3, 0.4) is 0 Å². The minimum absolute atomic E-state index is 0. The van der Waals surface area contributed by atoms with Crippen molar-refractivity contribution in [3.8, 4) is 5.75 Å². The summed E-state index contributed by atoms with van der Waals surface area (Å²) in [5.41, 5.74) is 3.30. The van der Waals surface area contributed by atoms with Crippen LogP contribution in [0.5, 0.6) is 5.75 Å². The van der Waals surface area contributed by atoms with Crippen LogP contribution < -0.4 is 10.1 Å². The first-order chi connectivity index (χ1) is 14.7. The molecule has 1 heterocycles. The van der Waals surface area contributed by atoms with Crippen LogP contribution in [0.1, 0.15) is 37.6 Å². The summed E-state index contributed by atoms with van der Waals surface area (Å²) in [4.78, 5) is 0. The Hall–Kier alpha value is -2.73. The number of aromatic nitrogens is 1. The van der Waals surface area contributed by atoms with Crippen molar-refractivity contribution in [2.45, 2.75) is 32.6 Å². The Morgan fingerprint density at radius 1 is 0.906 bits per heavy atom. The fraction of sp³-hybridized carbons (Fsp3) is 0.259. The molecule has 2 N–H and O–H groups in total. The molecule has 1 unspecified atom stereocenters. The Kier molecular flexibility index (Phi) is 9.39. The van der Waals surface area contributed by atoms with Gasteiger partial charge in [0.1, 0.15) is 11.9 Å². The number of ether oxygens (including phenoxy) is 1. The molecule has 0 aliphatic carbocycles. The number of hydrogen-bond acceptors (Lipinski definition) is 3. The Balaban J connectivity index is 0.00000181. The maximum absolute atomic E-state index is 10.9. The smallest absolute Gasteiger partial charge is 0.121 e. The van der Waals surface area contributed by atoms with Gasteiger partial charge in [0.25, 0.3) is 0 Å². The third-order valence-electron chi connectivity index (χ3n) is 5.49. The lowest BCUT2D eigenvalue weighted by Gasteiger charge is -2.26. The summed E-state index contributed by atoms with van der Waals surface area (Å²) >= 11 is 0. The monoisotopic (exact) mass is 450 g/mol. The molecule has 5 heteroatoms. The van der Waals surface area contributed by atoms with Crippen LogP contribution in [0.2, 0.25) is 0 Å². The summed E-state index contributed by atoms with van der Waals surface area (Å²) in [5.74, 6) is 0.837. The lowest BCUT2D eigenvalue weighted by Crippen LogP contribution is -2.33. The van der Waals surface area contributed by atoms with E-state index in [1.807, 2.05) is 55.7 Å². The molecule has 4 aromatic rings. The van der Waals surface area contributed by atoms with Gasteiger partial charge in [0.2, 0.25) is 0 Å². The third-order valence-corrected chi connectivity index (χ3v) is 5.49. The molecule has 170 valence electrons. The zero-order valence-electron chi connectivity index (χ0n) is 17.9. The molecule has 3 atom stereocenters. The molecule has 0 aliphatic heterocycles. The van der Waals surface area contributed by atoms with E-state index in [-0.39, 0.29) is 33.1 Å². The highest BCUT2D eigenvalue weighted by atomic mass is 32.1. The number of aliphatic hydroxyl groups is 1. The van der Waals surface area contributed by atoms with Gasteiger partial charge in [-0.3, -0.25) is 0 Å². The summed E-state index contributed by atoms with van der Waals surface area (Å²) in [6.07, 6.45) is 1.47. The first kappa shape index (κ1) is 25.5. The van der Waals surface area contributed by atoms with E-state index >= 15 is 0 Å². The van der Waals surface area contributed by atoms with Gasteiger partial charge in [-0.05, 0) is 49.4 Å². The maximum atomic E-state index is 10.9. The lowest BCUT2D eigenvalue weighted by atomic mass is 10.0. The van der Waals surface area contributed by atoms with Crippen molar-refractivity contribution in [2.75, 3.05) is 13.6 Å². The van der Waals surface area contributed by atoms with Gasteiger partial charge in [0.15, 0.2) is 0 Å². The minimum Gasteiger partial charge on any atom is -0.486 e. The minimum atomic E-state index is -0.554. The van der Waals surface area contributed by atoms with Crippen LogP contribution in [0, 0.1) is 0 Å². The normalized spacial score (nSPS) is 13.5. The Morgan fingerprint density at radius 2 is 1.53 bits per heavy atom. The molecular formula is C27H34N2O2S. The van der Waals surface area contributed by atoms with Crippen LogP contribution >= 0.6 is 13.5 Å². The maximum Gasteiger partial charge on any atom is 0.121 e. The second-order valence-corrected chi connectivity index (χ2v) is 7.59. The van der Waals surface area contributed by atoms with E-state index in [1.165, 1.54) is 0 Å². The SMILES string of the molecule is C.CNC[C@@H](O)[C@H](c1ccccc1)n1ccc2cc(OC(C)c3ccccc3)ccc21.S. The van der Waals surface area contributed by atoms with E-state index in [4.69, 9.17) is 4.74 Å². The fourth-order valence-corrected chi connectivity index (χ4v) is 3.99. The van der Waals surface area contributed by atoms with Crippen molar-refractivity contribution in [1.82, 2.24) is 9.88 Å². The van der Waals surface area contributed by atoms with Crippen LogP contribution in [-0.2, 0) is 0 Å². The number of rotatable bonds is 8. The molecule has 0 fully saturated rings. The molecule has 0 spiro atoms. The van der Waals surface area contributed by atoms with E-state index in [2.05, 4.69) is 59.3 Å². The van der Waals surface area contributed by atoms with Crippen molar-refractivity contribution < 1.29 is 9.84 Å². The van der Waals surface area contributed by atoms with Gasteiger partial charge in [0.05, 0.1) is 12.1 Å². The van der Waals surface area contributed by atoms with Gasteiger partial charge in [-0.15, -0.1) is 0 Å². The molecule has 4 nitrogen and oxygen atoms in total. The Labute approximate surface area is 198 Å². The number of nitrogens with one attached hydrogen (secondary N) is 1. The van der Waals surface area contributed by atoms with Gasteiger partial charge >= 0.3 is 0 Å². The zero-order chi connectivity index (χ0) is 20.9.